The number of para-hydroxylation sites is 1. The van der Waals surface area contributed by atoms with Crippen LogP contribution in [0, 0.1) is 6.92 Å². The topological polar surface area (TPSA) is 95.9 Å². The zero-order chi connectivity index (χ0) is 25.0. The summed E-state index contributed by atoms with van der Waals surface area (Å²) in [6.45, 7) is 11.4. The van der Waals surface area contributed by atoms with Crippen molar-refractivity contribution in [2.24, 2.45) is 0 Å². The number of dihydropyridines is 1. The van der Waals surface area contributed by atoms with Gasteiger partial charge in [0.15, 0.2) is 0 Å². The highest BCUT2D eigenvalue weighted by molar-refractivity contribution is 6.02. The van der Waals surface area contributed by atoms with Crippen LogP contribution in [0.15, 0.2) is 46.8 Å². The minimum atomic E-state index is -0.729. The van der Waals surface area contributed by atoms with Crippen LogP contribution < -0.4 is 5.32 Å². The summed E-state index contributed by atoms with van der Waals surface area (Å²) >= 11 is 0. The first-order valence-electron chi connectivity index (χ1n) is 11.5. The lowest BCUT2D eigenvalue weighted by Gasteiger charge is -2.30. The third-order valence-electron chi connectivity index (χ3n) is 5.91. The Morgan fingerprint density at radius 2 is 1.38 bits per heavy atom. The van der Waals surface area contributed by atoms with Gasteiger partial charge in [-0.2, -0.15) is 0 Å². The minimum Gasteiger partial charge on any atom is -0.465 e. The van der Waals surface area contributed by atoms with E-state index < -0.39 is 17.9 Å². The molecule has 3 rings (SSSR count). The number of nitrogens with zero attached hydrogens (tertiary/aromatic N) is 1. The number of aromatic nitrogens is 1. The Bertz CT molecular complexity index is 1150. The molecular formula is C26H32N2O6. The van der Waals surface area contributed by atoms with Crippen molar-refractivity contribution in [2.75, 3.05) is 19.8 Å². The summed E-state index contributed by atoms with van der Waals surface area (Å²) in [7, 11) is 0. The Kier molecular flexibility index (Phi) is 7.81. The van der Waals surface area contributed by atoms with Crippen LogP contribution in [0.25, 0.3) is 10.9 Å². The maximum atomic E-state index is 13.2. The first-order valence-corrected chi connectivity index (χ1v) is 11.5. The molecule has 2 aromatic rings. The molecule has 8 nitrogen and oxygen atoms in total. The summed E-state index contributed by atoms with van der Waals surface area (Å²) < 4.78 is 17.8. The average molecular weight is 469 g/mol. The van der Waals surface area contributed by atoms with Crippen molar-refractivity contribution in [2.45, 2.75) is 54.0 Å². The van der Waals surface area contributed by atoms with E-state index in [1.807, 2.05) is 35.8 Å². The van der Waals surface area contributed by atoms with Gasteiger partial charge in [-0.1, -0.05) is 18.2 Å². The van der Waals surface area contributed by atoms with E-state index in [0.717, 1.165) is 22.2 Å². The SMILES string of the molecule is CCOC(=O)Cn1c(C)c(C2C(C(=O)OCC)=C(C)NC(C)=C2C(=O)OCC)c2ccccc21. The molecule has 0 radical (unpaired) electrons. The molecule has 1 aliphatic rings. The zero-order valence-electron chi connectivity index (χ0n) is 20.6. The van der Waals surface area contributed by atoms with E-state index in [0.29, 0.717) is 22.5 Å². The first-order chi connectivity index (χ1) is 16.3. The lowest BCUT2D eigenvalue weighted by molar-refractivity contribution is -0.144. The predicted octanol–water partition coefficient (Wildman–Crippen LogP) is 3.87. The number of carbonyl (C=O) groups is 3. The fraction of sp³-hybridized carbons (Fsp3) is 0.423. The molecule has 0 unspecified atom stereocenters. The lowest BCUT2D eigenvalue weighted by Crippen LogP contribution is -2.33. The second-order valence-corrected chi connectivity index (χ2v) is 7.98. The Morgan fingerprint density at radius 1 is 0.853 bits per heavy atom. The van der Waals surface area contributed by atoms with Crippen molar-refractivity contribution < 1.29 is 28.6 Å². The highest BCUT2D eigenvalue weighted by atomic mass is 16.5. The molecule has 0 fully saturated rings. The van der Waals surface area contributed by atoms with Gasteiger partial charge in [-0.15, -0.1) is 0 Å². The fourth-order valence-corrected chi connectivity index (χ4v) is 4.60. The number of hydrogen-bond acceptors (Lipinski definition) is 7. The Morgan fingerprint density at radius 3 is 1.91 bits per heavy atom. The maximum absolute atomic E-state index is 13.2. The number of benzene rings is 1. The van der Waals surface area contributed by atoms with Gasteiger partial charge in [-0.05, 0) is 53.2 Å². The highest BCUT2D eigenvalue weighted by Crippen LogP contribution is 2.44. The standard InChI is InChI=1S/C26H32N2O6/c1-7-32-20(29)14-28-17(6)23(18-12-10-11-13-19(18)28)24-21(25(30)33-8-2)15(4)27-16(5)22(24)26(31)34-9-3/h10-13,24,27H,7-9,14H2,1-6H3. The van der Waals surface area contributed by atoms with Crippen molar-refractivity contribution in [3.05, 3.63) is 58.1 Å². The van der Waals surface area contributed by atoms with Crippen molar-refractivity contribution >= 4 is 28.8 Å². The molecule has 0 saturated carbocycles. The van der Waals surface area contributed by atoms with E-state index in [2.05, 4.69) is 5.32 Å². The van der Waals surface area contributed by atoms with Crippen molar-refractivity contribution in [1.29, 1.82) is 0 Å². The molecule has 1 aromatic carbocycles. The van der Waals surface area contributed by atoms with E-state index in [1.54, 1.807) is 34.6 Å². The number of rotatable bonds is 8. The summed E-state index contributed by atoms with van der Waals surface area (Å²) in [4.78, 5) is 38.7. The van der Waals surface area contributed by atoms with Crippen LogP contribution in [0.4, 0.5) is 0 Å². The molecule has 0 saturated heterocycles. The molecule has 0 aliphatic carbocycles. The normalized spacial score (nSPS) is 14.3. The molecule has 1 aromatic heterocycles. The summed E-state index contributed by atoms with van der Waals surface area (Å²) in [6.07, 6.45) is 0. The molecule has 1 aliphatic heterocycles. The zero-order valence-corrected chi connectivity index (χ0v) is 20.6. The minimum absolute atomic E-state index is 0.0139. The lowest BCUT2D eigenvalue weighted by atomic mass is 9.79. The fourth-order valence-electron chi connectivity index (χ4n) is 4.60. The van der Waals surface area contributed by atoms with E-state index in [1.165, 1.54) is 0 Å². The molecule has 0 spiro atoms. The number of ether oxygens (including phenoxy) is 3. The van der Waals surface area contributed by atoms with Gasteiger partial charge >= 0.3 is 17.9 Å². The molecule has 8 heteroatoms. The van der Waals surface area contributed by atoms with Crippen LogP contribution in [0.1, 0.15) is 51.8 Å². The van der Waals surface area contributed by atoms with Crippen LogP contribution >= 0.6 is 0 Å². The summed E-state index contributed by atoms with van der Waals surface area (Å²) in [5.74, 6) is -2.10. The molecule has 2 heterocycles. The van der Waals surface area contributed by atoms with E-state index in [4.69, 9.17) is 14.2 Å². The third-order valence-corrected chi connectivity index (χ3v) is 5.91. The van der Waals surface area contributed by atoms with Gasteiger partial charge in [0.2, 0.25) is 0 Å². The Hall–Kier alpha value is -3.55. The Labute approximate surface area is 199 Å². The van der Waals surface area contributed by atoms with Crippen molar-refractivity contribution in [3.8, 4) is 0 Å². The maximum Gasteiger partial charge on any atom is 0.336 e. The smallest absolute Gasteiger partial charge is 0.336 e. The van der Waals surface area contributed by atoms with E-state index in [9.17, 15) is 14.4 Å². The van der Waals surface area contributed by atoms with Crippen LogP contribution in [0.5, 0.6) is 0 Å². The number of allylic oxidation sites excluding steroid dienone is 2. The summed E-state index contributed by atoms with van der Waals surface area (Å²) in [5.41, 5.74) is 4.22. The van der Waals surface area contributed by atoms with Gasteiger partial charge in [-0.3, -0.25) is 4.79 Å². The van der Waals surface area contributed by atoms with Gasteiger partial charge in [0.05, 0.1) is 36.9 Å². The van der Waals surface area contributed by atoms with Crippen LogP contribution in [0.2, 0.25) is 0 Å². The van der Waals surface area contributed by atoms with Crippen LogP contribution in [-0.2, 0) is 35.1 Å². The van der Waals surface area contributed by atoms with Gasteiger partial charge in [0.1, 0.15) is 6.54 Å². The van der Waals surface area contributed by atoms with E-state index in [-0.39, 0.29) is 32.3 Å². The number of carbonyl (C=O) groups excluding carboxylic acids is 3. The molecule has 34 heavy (non-hydrogen) atoms. The first kappa shape index (κ1) is 25.1. The molecular weight excluding hydrogens is 436 g/mol. The average Bonchev–Trinajstić information content (AvgIpc) is 3.04. The van der Waals surface area contributed by atoms with Gasteiger partial charge in [0, 0.05) is 28.0 Å². The monoisotopic (exact) mass is 468 g/mol. The van der Waals surface area contributed by atoms with Crippen LogP contribution in [0.3, 0.4) is 0 Å². The van der Waals surface area contributed by atoms with Crippen molar-refractivity contribution in [3.63, 3.8) is 0 Å². The van der Waals surface area contributed by atoms with Gasteiger partial charge in [-0.25, -0.2) is 9.59 Å². The molecule has 0 amide bonds. The Balaban J connectivity index is 2.33. The summed E-state index contributed by atoms with van der Waals surface area (Å²) in [5, 5.41) is 3.99. The van der Waals surface area contributed by atoms with E-state index >= 15 is 0 Å². The highest BCUT2D eigenvalue weighted by Gasteiger charge is 2.40. The number of fused-ring (bicyclic) bond motifs is 1. The molecule has 0 atom stereocenters. The van der Waals surface area contributed by atoms with Crippen LogP contribution in [-0.4, -0.2) is 42.3 Å². The largest absolute Gasteiger partial charge is 0.465 e. The third kappa shape index (κ3) is 4.58. The summed E-state index contributed by atoms with van der Waals surface area (Å²) in [6, 6.07) is 7.61. The second-order valence-electron chi connectivity index (χ2n) is 7.98. The predicted molar refractivity (Wildman–Crippen MR) is 128 cm³/mol. The van der Waals surface area contributed by atoms with Gasteiger partial charge < -0.3 is 24.1 Å². The number of hydrogen-bond donors (Lipinski definition) is 1. The number of esters is 3. The quantitative estimate of drug-likeness (QED) is 0.464. The molecule has 0 bridgehead atoms. The van der Waals surface area contributed by atoms with Crippen molar-refractivity contribution in [1.82, 2.24) is 9.88 Å². The second kappa shape index (κ2) is 10.6. The molecule has 182 valence electrons. The number of nitrogens with one attached hydrogen (secondary N) is 1. The molecule has 1 N–H and O–H groups in total. The van der Waals surface area contributed by atoms with Gasteiger partial charge in [0.25, 0.3) is 0 Å².